The van der Waals surface area contributed by atoms with E-state index in [-0.39, 0.29) is 24.1 Å². The van der Waals surface area contributed by atoms with Crippen LogP contribution >= 0.6 is 0 Å². The van der Waals surface area contributed by atoms with E-state index in [1.807, 2.05) is 6.07 Å². The van der Waals surface area contributed by atoms with Crippen molar-refractivity contribution in [3.05, 3.63) is 46.3 Å². The molecule has 1 aromatic heterocycles. The maximum Gasteiger partial charge on any atom is 0.349 e. The molecule has 0 radical (unpaired) electrons. The summed E-state index contributed by atoms with van der Waals surface area (Å²) in [5.41, 5.74) is -0.128. The Morgan fingerprint density at radius 3 is 2.71 bits per heavy atom. The predicted octanol–water partition coefficient (Wildman–Crippen LogP) is 1.07. The number of para-hydroxylation sites is 1. The summed E-state index contributed by atoms with van der Waals surface area (Å²) in [6.45, 7) is 2.63. The van der Waals surface area contributed by atoms with Gasteiger partial charge in [0.25, 0.3) is 5.91 Å². The van der Waals surface area contributed by atoms with Gasteiger partial charge in [0.05, 0.1) is 12.1 Å². The van der Waals surface area contributed by atoms with E-state index in [4.69, 9.17) is 4.42 Å². The number of aliphatic hydroxyl groups excluding tert-OH is 1. The van der Waals surface area contributed by atoms with Crippen LogP contribution in [0.5, 0.6) is 0 Å². The molecule has 6 heteroatoms. The molecule has 2 aromatic rings. The summed E-state index contributed by atoms with van der Waals surface area (Å²) in [7, 11) is 0. The summed E-state index contributed by atoms with van der Waals surface area (Å²) in [4.78, 5) is 28.7. The quantitative estimate of drug-likeness (QED) is 0.835. The van der Waals surface area contributed by atoms with Crippen LogP contribution in [0.15, 0.2) is 39.5 Å². The van der Waals surface area contributed by atoms with Gasteiger partial charge < -0.3 is 14.4 Å². The molecule has 0 spiro atoms. The van der Waals surface area contributed by atoms with E-state index in [1.54, 1.807) is 29.2 Å². The van der Waals surface area contributed by atoms with Gasteiger partial charge in [-0.3, -0.25) is 9.69 Å². The third kappa shape index (κ3) is 2.61. The van der Waals surface area contributed by atoms with Gasteiger partial charge in [-0.15, -0.1) is 0 Å². The summed E-state index contributed by atoms with van der Waals surface area (Å²) < 4.78 is 5.25. The van der Waals surface area contributed by atoms with Crippen LogP contribution in [0, 0.1) is 0 Å². The molecule has 2 fully saturated rings. The van der Waals surface area contributed by atoms with Gasteiger partial charge in [-0.05, 0) is 38.1 Å². The van der Waals surface area contributed by atoms with Gasteiger partial charge in [0, 0.05) is 18.5 Å². The van der Waals surface area contributed by atoms with Crippen molar-refractivity contribution in [3.63, 3.8) is 0 Å². The monoisotopic (exact) mass is 328 g/mol. The number of rotatable bonds is 2. The lowest BCUT2D eigenvalue weighted by molar-refractivity contribution is 0.0759. The van der Waals surface area contributed by atoms with Crippen molar-refractivity contribution in [2.45, 2.75) is 25.0 Å². The number of hydrogen-bond acceptors (Lipinski definition) is 5. The van der Waals surface area contributed by atoms with Crippen molar-refractivity contribution in [1.29, 1.82) is 0 Å². The highest BCUT2D eigenvalue weighted by atomic mass is 16.4. The molecule has 0 unspecified atom stereocenters. The van der Waals surface area contributed by atoms with Crippen molar-refractivity contribution in [2.75, 3.05) is 26.2 Å². The molecule has 4 rings (SSSR count). The number of fused-ring (bicyclic) bond motifs is 1. The fourth-order valence-corrected chi connectivity index (χ4v) is 3.75. The predicted molar refractivity (Wildman–Crippen MR) is 89.0 cm³/mol. The van der Waals surface area contributed by atoms with Crippen molar-refractivity contribution in [2.24, 2.45) is 0 Å². The van der Waals surface area contributed by atoms with Gasteiger partial charge in [0.1, 0.15) is 11.1 Å². The molecule has 2 saturated heterocycles. The number of amides is 1. The SMILES string of the molecule is O=C(c1cc2ccccc2oc1=O)N1C[C@H](O)[C@@H](N2CCCC2)C1. The third-order valence-corrected chi connectivity index (χ3v) is 5.03. The number of aliphatic hydroxyl groups is 1. The molecular formula is C18H20N2O4. The van der Waals surface area contributed by atoms with Crippen molar-refractivity contribution >= 4 is 16.9 Å². The molecule has 2 aliphatic rings. The minimum Gasteiger partial charge on any atom is -0.422 e. The average Bonchev–Trinajstić information content (AvgIpc) is 3.22. The van der Waals surface area contributed by atoms with E-state index in [1.165, 1.54) is 0 Å². The summed E-state index contributed by atoms with van der Waals surface area (Å²) in [5, 5.41) is 11.0. The Kier molecular flexibility index (Phi) is 3.86. The van der Waals surface area contributed by atoms with E-state index in [9.17, 15) is 14.7 Å². The van der Waals surface area contributed by atoms with Gasteiger partial charge in [-0.1, -0.05) is 18.2 Å². The molecule has 1 amide bonds. The van der Waals surface area contributed by atoms with Crippen LogP contribution in [-0.2, 0) is 0 Å². The summed E-state index contributed by atoms with van der Waals surface area (Å²) >= 11 is 0. The number of benzene rings is 1. The molecule has 2 aliphatic heterocycles. The minimum atomic E-state index is -0.627. The van der Waals surface area contributed by atoms with E-state index in [0.717, 1.165) is 31.3 Å². The zero-order valence-corrected chi connectivity index (χ0v) is 13.4. The van der Waals surface area contributed by atoms with Crippen LogP contribution in [0.4, 0.5) is 0 Å². The fourth-order valence-electron chi connectivity index (χ4n) is 3.75. The van der Waals surface area contributed by atoms with Gasteiger partial charge in [-0.25, -0.2) is 4.79 Å². The smallest absolute Gasteiger partial charge is 0.349 e. The molecular weight excluding hydrogens is 308 g/mol. The lowest BCUT2D eigenvalue weighted by Gasteiger charge is -2.25. The maximum absolute atomic E-state index is 12.8. The van der Waals surface area contributed by atoms with Crippen LogP contribution in [0.2, 0.25) is 0 Å². The van der Waals surface area contributed by atoms with Gasteiger partial charge in [0.15, 0.2) is 0 Å². The van der Waals surface area contributed by atoms with Crippen molar-refractivity contribution < 1.29 is 14.3 Å². The highest BCUT2D eigenvalue weighted by molar-refractivity contribution is 5.96. The van der Waals surface area contributed by atoms with E-state index in [0.29, 0.717) is 12.1 Å². The summed E-state index contributed by atoms with van der Waals surface area (Å²) in [6.07, 6.45) is 1.69. The first kappa shape index (κ1) is 15.4. The molecule has 3 heterocycles. The second kappa shape index (κ2) is 6.03. The zero-order valence-electron chi connectivity index (χ0n) is 13.4. The van der Waals surface area contributed by atoms with Gasteiger partial charge in [0.2, 0.25) is 0 Å². The molecule has 126 valence electrons. The Labute approximate surface area is 139 Å². The Morgan fingerprint density at radius 1 is 1.17 bits per heavy atom. The first-order valence-electron chi connectivity index (χ1n) is 8.38. The molecule has 1 N–H and O–H groups in total. The lowest BCUT2D eigenvalue weighted by atomic mass is 10.1. The number of β-amino-alcohol motifs (C(OH)–C–C–N with tert-alkyl or cyclic N) is 1. The Balaban J connectivity index is 1.60. The molecule has 0 bridgehead atoms. The van der Waals surface area contributed by atoms with Crippen molar-refractivity contribution in [3.8, 4) is 0 Å². The first-order valence-corrected chi connectivity index (χ1v) is 8.38. The third-order valence-electron chi connectivity index (χ3n) is 5.03. The van der Waals surface area contributed by atoms with E-state index < -0.39 is 11.7 Å². The number of hydrogen-bond donors (Lipinski definition) is 1. The van der Waals surface area contributed by atoms with Crippen LogP contribution in [0.25, 0.3) is 11.0 Å². The van der Waals surface area contributed by atoms with E-state index in [2.05, 4.69) is 4.90 Å². The van der Waals surface area contributed by atoms with Gasteiger partial charge >= 0.3 is 5.63 Å². The van der Waals surface area contributed by atoms with Crippen LogP contribution in [0.3, 0.4) is 0 Å². The van der Waals surface area contributed by atoms with Crippen LogP contribution < -0.4 is 5.63 Å². The normalized spacial score (nSPS) is 24.8. The maximum atomic E-state index is 12.8. The largest absolute Gasteiger partial charge is 0.422 e. The summed E-state index contributed by atoms with van der Waals surface area (Å²) in [6, 6.07) is 8.67. The molecule has 0 saturated carbocycles. The fraction of sp³-hybridized carbons (Fsp3) is 0.444. The first-order chi connectivity index (χ1) is 11.6. The molecule has 6 nitrogen and oxygen atoms in total. The second-order valence-electron chi connectivity index (χ2n) is 6.57. The Morgan fingerprint density at radius 2 is 1.92 bits per heavy atom. The molecule has 24 heavy (non-hydrogen) atoms. The standard InChI is InChI=1S/C18H20N2O4/c21-15-11-20(10-14(15)19-7-3-4-8-19)17(22)13-9-12-5-1-2-6-16(12)24-18(13)23/h1-2,5-6,9,14-15,21H,3-4,7-8,10-11H2/t14-,15-/m0/s1. The molecule has 2 atom stereocenters. The number of carbonyl (C=O) groups is 1. The summed E-state index contributed by atoms with van der Waals surface area (Å²) in [5.74, 6) is -0.366. The van der Waals surface area contributed by atoms with E-state index >= 15 is 0 Å². The van der Waals surface area contributed by atoms with Crippen LogP contribution in [0.1, 0.15) is 23.2 Å². The Bertz CT molecular complexity index is 825. The average molecular weight is 328 g/mol. The number of likely N-dealkylation sites (tertiary alicyclic amines) is 2. The lowest BCUT2D eigenvalue weighted by Crippen LogP contribution is -2.41. The molecule has 1 aromatic carbocycles. The highest BCUT2D eigenvalue weighted by Gasteiger charge is 2.39. The zero-order chi connectivity index (χ0) is 16.7. The Hall–Kier alpha value is -2.18. The van der Waals surface area contributed by atoms with Gasteiger partial charge in [-0.2, -0.15) is 0 Å². The number of nitrogens with zero attached hydrogens (tertiary/aromatic N) is 2. The number of carbonyl (C=O) groups excluding carboxylic acids is 1. The topological polar surface area (TPSA) is 74.0 Å². The highest BCUT2D eigenvalue weighted by Crippen LogP contribution is 2.22. The second-order valence-corrected chi connectivity index (χ2v) is 6.57. The minimum absolute atomic E-state index is 0.0305. The van der Waals surface area contributed by atoms with Crippen LogP contribution in [-0.4, -0.2) is 59.1 Å². The van der Waals surface area contributed by atoms with Crippen molar-refractivity contribution in [1.82, 2.24) is 9.80 Å². The molecule has 0 aliphatic carbocycles.